The summed E-state index contributed by atoms with van der Waals surface area (Å²) in [5.41, 5.74) is 2.31. The number of hydrogen-bond donors (Lipinski definition) is 2. The SMILES string of the molecule is CCOc1nc(N[C@H](C)COC)nc2[nH]cc(-c3cc(F)c4nccn4c3)c12. The summed E-state index contributed by atoms with van der Waals surface area (Å²) in [4.78, 5) is 16.2. The highest BCUT2D eigenvalue weighted by molar-refractivity contribution is 5.97. The summed E-state index contributed by atoms with van der Waals surface area (Å²) in [5, 5.41) is 3.89. The van der Waals surface area contributed by atoms with Gasteiger partial charge in [-0.2, -0.15) is 9.97 Å². The van der Waals surface area contributed by atoms with Gasteiger partial charge in [-0.15, -0.1) is 0 Å². The highest BCUT2D eigenvalue weighted by Crippen LogP contribution is 2.35. The Bertz CT molecular complexity index is 1120. The van der Waals surface area contributed by atoms with Crippen LogP contribution >= 0.6 is 0 Å². The number of halogens is 1. The van der Waals surface area contributed by atoms with Gasteiger partial charge in [0.2, 0.25) is 11.8 Å². The molecule has 1 atom stereocenters. The molecule has 9 heteroatoms. The largest absolute Gasteiger partial charge is 0.477 e. The van der Waals surface area contributed by atoms with Gasteiger partial charge in [0.15, 0.2) is 11.5 Å². The summed E-state index contributed by atoms with van der Waals surface area (Å²) in [7, 11) is 1.64. The summed E-state index contributed by atoms with van der Waals surface area (Å²) in [5.74, 6) is 0.467. The molecule has 0 fully saturated rings. The Hall–Kier alpha value is -3.20. The lowest BCUT2D eigenvalue weighted by molar-refractivity contribution is 0.190. The molecule has 0 aromatic carbocycles. The van der Waals surface area contributed by atoms with E-state index >= 15 is 0 Å². The molecule has 0 aliphatic heterocycles. The third kappa shape index (κ3) is 3.24. The normalized spacial score (nSPS) is 12.6. The van der Waals surface area contributed by atoms with Gasteiger partial charge < -0.3 is 24.2 Å². The van der Waals surface area contributed by atoms with Crippen LogP contribution in [0.3, 0.4) is 0 Å². The zero-order valence-electron chi connectivity index (χ0n) is 15.9. The van der Waals surface area contributed by atoms with Crippen molar-refractivity contribution in [2.45, 2.75) is 19.9 Å². The molecule has 4 aromatic rings. The molecule has 0 radical (unpaired) electrons. The van der Waals surface area contributed by atoms with Crippen LogP contribution in [0.1, 0.15) is 13.8 Å². The van der Waals surface area contributed by atoms with Crippen molar-refractivity contribution < 1.29 is 13.9 Å². The third-order valence-electron chi connectivity index (χ3n) is 4.33. The number of methoxy groups -OCH3 is 1. The Morgan fingerprint density at radius 1 is 1.36 bits per heavy atom. The van der Waals surface area contributed by atoms with Gasteiger partial charge in [0.05, 0.1) is 18.6 Å². The van der Waals surface area contributed by atoms with Crippen molar-refractivity contribution in [2.24, 2.45) is 0 Å². The van der Waals surface area contributed by atoms with Gasteiger partial charge in [-0.25, -0.2) is 9.37 Å². The summed E-state index contributed by atoms with van der Waals surface area (Å²) in [6.07, 6.45) is 6.86. The average molecular weight is 384 g/mol. The molecule has 8 nitrogen and oxygen atoms in total. The zero-order chi connectivity index (χ0) is 19.7. The van der Waals surface area contributed by atoms with Crippen LogP contribution < -0.4 is 10.1 Å². The molecule has 0 aliphatic rings. The molecule has 4 aromatic heterocycles. The Balaban J connectivity index is 1.83. The van der Waals surface area contributed by atoms with Crippen molar-refractivity contribution in [2.75, 3.05) is 25.6 Å². The first-order chi connectivity index (χ1) is 13.6. The second kappa shape index (κ2) is 7.43. The number of imidazole rings is 1. The van der Waals surface area contributed by atoms with Gasteiger partial charge in [0.1, 0.15) is 5.65 Å². The van der Waals surface area contributed by atoms with Gasteiger partial charge in [-0.3, -0.25) is 0 Å². The summed E-state index contributed by atoms with van der Waals surface area (Å²) < 4.78 is 27.0. The van der Waals surface area contributed by atoms with Crippen LogP contribution in [-0.4, -0.2) is 50.7 Å². The second-order valence-electron chi connectivity index (χ2n) is 6.45. The van der Waals surface area contributed by atoms with Gasteiger partial charge in [0, 0.05) is 49.1 Å². The fourth-order valence-electron chi connectivity index (χ4n) is 3.18. The molecule has 0 amide bonds. The van der Waals surface area contributed by atoms with E-state index in [-0.39, 0.29) is 11.7 Å². The molecular weight excluding hydrogens is 363 g/mol. The third-order valence-corrected chi connectivity index (χ3v) is 4.33. The monoisotopic (exact) mass is 384 g/mol. The minimum absolute atomic E-state index is 0.0316. The van der Waals surface area contributed by atoms with E-state index in [0.717, 1.165) is 5.56 Å². The van der Waals surface area contributed by atoms with Crippen LogP contribution in [-0.2, 0) is 4.74 Å². The Morgan fingerprint density at radius 3 is 3.00 bits per heavy atom. The smallest absolute Gasteiger partial charge is 0.228 e. The van der Waals surface area contributed by atoms with Crippen LogP contribution in [0.15, 0.2) is 30.9 Å². The molecule has 0 saturated heterocycles. The quantitative estimate of drug-likeness (QED) is 0.508. The lowest BCUT2D eigenvalue weighted by atomic mass is 10.1. The number of pyridine rings is 1. The number of aromatic nitrogens is 5. The maximum atomic E-state index is 14.4. The maximum Gasteiger partial charge on any atom is 0.228 e. The van der Waals surface area contributed by atoms with Crippen molar-refractivity contribution in [3.8, 4) is 17.0 Å². The van der Waals surface area contributed by atoms with Crippen molar-refractivity contribution in [1.82, 2.24) is 24.3 Å². The number of fused-ring (bicyclic) bond motifs is 2. The molecule has 4 rings (SSSR count). The number of hydrogen-bond acceptors (Lipinski definition) is 6. The molecule has 0 spiro atoms. The molecule has 0 unspecified atom stereocenters. The molecule has 2 N–H and O–H groups in total. The minimum Gasteiger partial charge on any atom is -0.477 e. The topological polar surface area (TPSA) is 89.4 Å². The van der Waals surface area contributed by atoms with Crippen LogP contribution in [0.25, 0.3) is 27.8 Å². The van der Waals surface area contributed by atoms with Crippen LogP contribution in [0, 0.1) is 5.82 Å². The van der Waals surface area contributed by atoms with E-state index in [0.29, 0.717) is 41.6 Å². The van der Waals surface area contributed by atoms with Crippen LogP contribution in [0.5, 0.6) is 5.88 Å². The van der Waals surface area contributed by atoms with Gasteiger partial charge in [0.25, 0.3) is 0 Å². The number of ether oxygens (including phenoxy) is 2. The number of rotatable bonds is 7. The van der Waals surface area contributed by atoms with Gasteiger partial charge >= 0.3 is 0 Å². The first-order valence-electron chi connectivity index (χ1n) is 9.00. The van der Waals surface area contributed by atoms with Crippen LogP contribution in [0.2, 0.25) is 0 Å². The van der Waals surface area contributed by atoms with Crippen molar-refractivity contribution in [1.29, 1.82) is 0 Å². The number of nitrogens with zero attached hydrogens (tertiary/aromatic N) is 4. The number of nitrogens with one attached hydrogen (secondary N) is 2. The Kier molecular flexibility index (Phi) is 4.82. The maximum absolute atomic E-state index is 14.4. The number of H-pyrrole nitrogens is 1. The van der Waals surface area contributed by atoms with E-state index in [4.69, 9.17) is 9.47 Å². The predicted molar refractivity (Wildman–Crippen MR) is 104 cm³/mol. The van der Waals surface area contributed by atoms with Crippen molar-refractivity contribution in [3.63, 3.8) is 0 Å². The minimum atomic E-state index is -0.401. The summed E-state index contributed by atoms with van der Waals surface area (Å²) in [6.45, 7) is 4.82. The fourth-order valence-corrected chi connectivity index (χ4v) is 3.18. The molecule has 146 valence electrons. The first kappa shape index (κ1) is 18.2. The summed E-state index contributed by atoms with van der Waals surface area (Å²) in [6, 6.07) is 1.48. The van der Waals surface area contributed by atoms with E-state index in [1.54, 1.807) is 30.1 Å². The lowest BCUT2D eigenvalue weighted by Crippen LogP contribution is -2.22. The van der Waals surface area contributed by atoms with Crippen molar-refractivity contribution >= 4 is 22.6 Å². The van der Waals surface area contributed by atoms with Crippen molar-refractivity contribution in [3.05, 3.63) is 36.7 Å². The molecule has 4 heterocycles. The fraction of sp³-hybridized carbons (Fsp3) is 0.316. The molecular formula is C19H21FN6O2. The van der Waals surface area contributed by atoms with Gasteiger partial charge in [-0.1, -0.05) is 0 Å². The zero-order valence-corrected chi connectivity index (χ0v) is 15.9. The van der Waals surface area contributed by atoms with Crippen LogP contribution in [0.4, 0.5) is 10.3 Å². The van der Waals surface area contributed by atoms with E-state index in [1.807, 2.05) is 20.0 Å². The van der Waals surface area contributed by atoms with Gasteiger partial charge in [-0.05, 0) is 19.9 Å². The Labute approximate surface area is 160 Å². The lowest BCUT2D eigenvalue weighted by Gasteiger charge is -2.14. The van der Waals surface area contributed by atoms with E-state index in [1.165, 1.54) is 6.07 Å². The Morgan fingerprint density at radius 2 is 2.21 bits per heavy atom. The summed E-state index contributed by atoms with van der Waals surface area (Å²) >= 11 is 0. The molecule has 0 aliphatic carbocycles. The number of aromatic amines is 1. The predicted octanol–water partition coefficient (Wildman–Crippen LogP) is 3.26. The average Bonchev–Trinajstić information content (AvgIpc) is 3.29. The molecule has 0 bridgehead atoms. The van der Waals surface area contributed by atoms with E-state index in [2.05, 4.69) is 25.3 Å². The van der Waals surface area contributed by atoms with E-state index in [9.17, 15) is 4.39 Å². The highest BCUT2D eigenvalue weighted by Gasteiger charge is 2.18. The standard InChI is InChI=1S/C19H21FN6O2/c1-4-28-18-15-13(12-7-14(20)17-21-5-6-26(17)9-12)8-22-16(15)24-19(25-18)23-11(2)10-27-3/h5-9,11H,4,10H2,1-3H3,(H2,22,23,24,25)/t11-/m1/s1. The first-order valence-corrected chi connectivity index (χ1v) is 9.00. The van der Waals surface area contributed by atoms with E-state index < -0.39 is 5.82 Å². The second-order valence-corrected chi connectivity index (χ2v) is 6.45. The number of anilines is 1. The molecule has 28 heavy (non-hydrogen) atoms. The molecule has 0 saturated carbocycles. The highest BCUT2D eigenvalue weighted by atomic mass is 19.1.